The van der Waals surface area contributed by atoms with E-state index in [4.69, 9.17) is 4.74 Å². The van der Waals surface area contributed by atoms with Crippen molar-refractivity contribution in [2.24, 2.45) is 16.0 Å². The molecule has 0 spiro atoms. The van der Waals surface area contributed by atoms with Gasteiger partial charge >= 0.3 is 0 Å². The van der Waals surface area contributed by atoms with Crippen molar-refractivity contribution in [1.82, 2.24) is 9.73 Å². The van der Waals surface area contributed by atoms with E-state index in [0.29, 0.717) is 31.4 Å². The van der Waals surface area contributed by atoms with E-state index in [1.165, 1.54) is 0 Å². The van der Waals surface area contributed by atoms with E-state index < -0.39 is 10.0 Å². The zero-order valence-corrected chi connectivity index (χ0v) is 16.2. The van der Waals surface area contributed by atoms with Gasteiger partial charge in [-0.1, -0.05) is 6.92 Å². The average Bonchev–Trinajstić information content (AvgIpc) is 3.10. The first-order valence-electron chi connectivity index (χ1n) is 8.81. The topological polar surface area (TPSA) is 86.6 Å². The molecule has 0 radical (unpaired) electrons. The number of fused-ring (bicyclic) bond motifs is 1. The third-order valence-corrected chi connectivity index (χ3v) is 5.79. The fourth-order valence-corrected chi connectivity index (χ4v) is 3.91. The minimum absolute atomic E-state index is 0.144. The maximum Gasteiger partial charge on any atom is 0.264 e. The molecular weight excluding hydrogens is 354 g/mol. The van der Waals surface area contributed by atoms with Crippen molar-refractivity contribution in [3.8, 4) is 5.75 Å². The van der Waals surface area contributed by atoms with Crippen molar-refractivity contribution in [3.63, 3.8) is 0 Å². The SMILES string of the molecule is CCN=C(NS(=O)(=O)c1ccc2c(c1)OCCN2C)N1CC(CC)C=N1. The maximum atomic E-state index is 12.9. The molecule has 142 valence electrons. The number of guanidine groups is 1. The number of aliphatic imine (C=N–C) groups is 1. The molecule has 26 heavy (non-hydrogen) atoms. The number of rotatable bonds is 4. The Bertz CT molecular complexity index is 822. The summed E-state index contributed by atoms with van der Waals surface area (Å²) in [5.74, 6) is 1.12. The standard InChI is InChI=1S/C17H25N5O3S/c1-4-13-11-19-22(12-13)17(18-5-2)20-26(23,24)14-6-7-15-16(10-14)25-9-8-21(15)3/h6-7,10-11,13H,4-5,8-9,12H2,1-3H3,(H,18,20). The summed E-state index contributed by atoms with van der Waals surface area (Å²) in [4.78, 5) is 6.47. The Morgan fingerprint density at radius 1 is 1.42 bits per heavy atom. The quantitative estimate of drug-likeness (QED) is 0.633. The molecule has 1 aromatic carbocycles. The molecule has 1 unspecified atom stereocenters. The molecule has 0 fully saturated rings. The van der Waals surface area contributed by atoms with Crippen LogP contribution in [0.3, 0.4) is 0 Å². The number of sulfonamides is 1. The number of hydrogen-bond acceptors (Lipinski definition) is 6. The van der Waals surface area contributed by atoms with E-state index in [1.54, 1.807) is 23.2 Å². The number of hydrogen-bond donors (Lipinski definition) is 1. The van der Waals surface area contributed by atoms with Crippen molar-refractivity contribution in [3.05, 3.63) is 18.2 Å². The van der Waals surface area contributed by atoms with Gasteiger partial charge in [-0.05, 0) is 25.5 Å². The van der Waals surface area contributed by atoms with Crippen molar-refractivity contribution in [1.29, 1.82) is 0 Å². The molecule has 2 aliphatic rings. The number of anilines is 1. The zero-order valence-electron chi connectivity index (χ0n) is 15.3. The molecule has 9 heteroatoms. The highest BCUT2D eigenvalue weighted by atomic mass is 32.2. The first kappa shape index (κ1) is 18.5. The van der Waals surface area contributed by atoms with Gasteiger partial charge < -0.3 is 9.64 Å². The molecule has 2 aliphatic heterocycles. The van der Waals surface area contributed by atoms with Gasteiger partial charge in [0.1, 0.15) is 12.4 Å². The number of hydrazone groups is 1. The predicted octanol–water partition coefficient (Wildman–Crippen LogP) is 1.50. The Hall–Kier alpha value is -2.29. The fourth-order valence-electron chi connectivity index (χ4n) is 2.87. The van der Waals surface area contributed by atoms with E-state index >= 15 is 0 Å². The van der Waals surface area contributed by atoms with Crippen molar-refractivity contribution < 1.29 is 13.2 Å². The van der Waals surface area contributed by atoms with E-state index in [0.717, 1.165) is 18.7 Å². The van der Waals surface area contributed by atoms with Crippen LogP contribution in [0, 0.1) is 5.92 Å². The van der Waals surface area contributed by atoms with Gasteiger partial charge in [-0.3, -0.25) is 4.99 Å². The summed E-state index contributed by atoms with van der Waals surface area (Å²) < 4.78 is 33.9. The molecule has 0 bridgehead atoms. The van der Waals surface area contributed by atoms with Crippen LogP contribution < -0.4 is 14.4 Å². The second-order valence-corrected chi connectivity index (χ2v) is 8.00. The van der Waals surface area contributed by atoms with Crippen LogP contribution in [0.1, 0.15) is 20.3 Å². The van der Waals surface area contributed by atoms with Crippen LogP contribution in [-0.2, 0) is 10.0 Å². The lowest BCUT2D eigenvalue weighted by atomic mass is 10.1. The van der Waals surface area contributed by atoms with E-state index in [-0.39, 0.29) is 10.9 Å². The summed E-state index contributed by atoms with van der Waals surface area (Å²) in [7, 11) is -1.84. The second-order valence-electron chi connectivity index (χ2n) is 6.32. The highest BCUT2D eigenvalue weighted by molar-refractivity contribution is 7.90. The van der Waals surface area contributed by atoms with Gasteiger partial charge in [-0.25, -0.2) is 18.1 Å². The molecule has 1 aromatic rings. The van der Waals surface area contributed by atoms with Crippen LogP contribution in [0.25, 0.3) is 0 Å². The number of benzene rings is 1. The first-order chi connectivity index (χ1) is 12.4. The second kappa shape index (κ2) is 7.53. The Balaban J connectivity index is 1.83. The molecule has 0 saturated carbocycles. The van der Waals surface area contributed by atoms with E-state index in [1.807, 2.05) is 25.1 Å². The highest BCUT2D eigenvalue weighted by Crippen LogP contribution is 2.32. The van der Waals surface area contributed by atoms with Crippen molar-refractivity contribution in [2.75, 3.05) is 38.2 Å². The molecule has 0 saturated heterocycles. The molecule has 0 aromatic heterocycles. The summed E-state index contributed by atoms with van der Waals surface area (Å²) in [6.07, 6.45) is 2.78. The van der Waals surface area contributed by atoms with Gasteiger partial charge in [0.25, 0.3) is 10.0 Å². The van der Waals surface area contributed by atoms with Crippen molar-refractivity contribution >= 4 is 27.9 Å². The minimum atomic E-state index is -3.79. The molecule has 2 heterocycles. The summed E-state index contributed by atoms with van der Waals surface area (Å²) >= 11 is 0. The molecular formula is C17H25N5O3S. The van der Waals surface area contributed by atoms with Gasteiger partial charge in [-0.2, -0.15) is 5.10 Å². The van der Waals surface area contributed by atoms with Gasteiger partial charge in [0, 0.05) is 31.8 Å². The molecule has 1 N–H and O–H groups in total. The average molecular weight is 379 g/mol. The van der Waals surface area contributed by atoms with Gasteiger partial charge in [0.2, 0.25) is 5.96 Å². The summed E-state index contributed by atoms with van der Waals surface area (Å²) in [6.45, 7) is 6.31. The van der Waals surface area contributed by atoms with E-state index in [2.05, 4.69) is 21.7 Å². The predicted molar refractivity (Wildman–Crippen MR) is 102 cm³/mol. The number of nitrogens with zero attached hydrogens (tertiary/aromatic N) is 4. The lowest BCUT2D eigenvalue weighted by Gasteiger charge is -2.28. The lowest BCUT2D eigenvalue weighted by Crippen LogP contribution is -2.41. The van der Waals surface area contributed by atoms with Crippen LogP contribution in [-0.4, -0.2) is 58.9 Å². The molecule has 3 rings (SSSR count). The van der Waals surface area contributed by atoms with Crippen LogP contribution in [0.2, 0.25) is 0 Å². The van der Waals surface area contributed by atoms with Crippen LogP contribution >= 0.6 is 0 Å². The van der Waals surface area contributed by atoms with Gasteiger partial charge in [0.05, 0.1) is 23.7 Å². The van der Waals surface area contributed by atoms with Crippen LogP contribution in [0.15, 0.2) is 33.2 Å². The molecule has 1 atom stereocenters. The van der Waals surface area contributed by atoms with Crippen molar-refractivity contribution in [2.45, 2.75) is 25.2 Å². The normalized spacial score (nSPS) is 20.1. The first-order valence-corrected chi connectivity index (χ1v) is 10.3. The number of nitrogens with one attached hydrogen (secondary N) is 1. The van der Waals surface area contributed by atoms with Gasteiger partial charge in [0.15, 0.2) is 0 Å². The summed E-state index contributed by atoms with van der Waals surface area (Å²) in [5.41, 5.74) is 0.882. The third kappa shape index (κ3) is 3.77. The van der Waals surface area contributed by atoms with Gasteiger partial charge in [-0.15, -0.1) is 0 Å². The Kier molecular flexibility index (Phi) is 5.36. The minimum Gasteiger partial charge on any atom is -0.490 e. The molecule has 8 nitrogen and oxygen atoms in total. The van der Waals surface area contributed by atoms with Crippen LogP contribution in [0.4, 0.5) is 5.69 Å². The number of ether oxygens (including phenoxy) is 1. The Morgan fingerprint density at radius 3 is 2.92 bits per heavy atom. The van der Waals surface area contributed by atoms with E-state index in [9.17, 15) is 8.42 Å². The summed E-state index contributed by atoms with van der Waals surface area (Å²) in [5, 5.41) is 5.89. The largest absolute Gasteiger partial charge is 0.490 e. The molecule has 0 amide bonds. The fraction of sp³-hybridized carbons (Fsp3) is 0.529. The Morgan fingerprint density at radius 2 is 2.23 bits per heavy atom. The lowest BCUT2D eigenvalue weighted by molar-refractivity contribution is 0.310. The molecule has 0 aliphatic carbocycles. The smallest absolute Gasteiger partial charge is 0.264 e. The number of likely N-dealkylation sites (N-methyl/N-ethyl adjacent to an activating group) is 1. The third-order valence-electron chi connectivity index (χ3n) is 4.46. The van der Waals surface area contributed by atoms with Crippen LogP contribution in [0.5, 0.6) is 5.75 Å². The Labute approximate surface area is 154 Å². The monoisotopic (exact) mass is 379 g/mol. The zero-order chi connectivity index (χ0) is 18.7. The highest BCUT2D eigenvalue weighted by Gasteiger charge is 2.26. The maximum absolute atomic E-state index is 12.9. The summed E-state index contributed by atoms with van der Waals surface area (Å²) in [6, 6.07) is 4.90.